The highest BCUT2D eigenvalue weighted by Crippen LogP contribution is 2.33. The van der Waals surface area contributed by atoms with Gasteiger partial charge in [-0.05, 0) is 30.6 Å². The zero-order valence-electron chi connectivity index (χ0n) is 10.2. The molecule has 104 valence electrons. The third-order valence-corrected chi connectivity index (χ3v) is 3.54. The summed E-state index contributed by atoms with van der Waals surface area (Å²) < 4.78 is 1.33. The largest absolute Gasteiger partial charge is 0.481 e. The summed E-state index contributed by atoms with van der Waals surface area (Å²) in [4.78, 5) is 20.7. The molecule has 0 unspecified atom stereocenters. The molecular formula is C11H15N3O5. The molecule has 1 saturated carbocycles. The minimum Gasteiger partial charge on any atom is -0.481 e. The van der Waals surface area contributed by atoms with Crippen LogP contribution in [0.25, 0.3) is 0 Å². The molecule has 8 nitrogen and oxygen atoms in total. The Bertz CT molecular complexity index is 490. The fourth-order valence-electron chi connectivity index (χ4n) is 2.40. The molecule has 0 aliphatic heterocycles. The quantitative estimate of drug-likeness (QED) is 0.616. The van der Waals surface area contributed by atoms with Gasteiger partial charge in [0, 0.05) is 0 Å². The first kappa shape index (κ1) is 13.5. The van der Waals surface area contributed by atoms with Crippen LogP contribution < -0.4 is 0 Å². The first-order valence-electron chi connectivity index (χ1n) is 6.03. The van der Waals surface area contributed by atoms with Crippen molar-refractivity contribution in [3.05, 3.63) is 22.4 Å². The average molecular weight is 269 g/mol. The van der Waals surface area contributed by atoms with Gasteiger partial charge in [0.05, 0.1) is 35.4 Å². The molecule has 1 fully saturated rings. The Morgan fingerprint density at radius 2 is 2.21 bits per heavy atom. The van der Waals surface area contributed by atoms with Gasteiger partial charge in [-0.1, -0.05) is 0 Å². The summed E-state index contributed by atoms with van der Waals surface area (Å²) in [6.07, 6.45) is 2.99. The Kier molecular flexibility index (Phi) is 3.52. The zero-order valence-corrected chi connectivity index (χ0v) is 10.2. The molecule has 19 heavy (non-hydrogen) atoms. The fraction of sp³-hybridized carbons (Fsp3) is 0.636. The number of carboxylic acids is 1. The Balaban J connectivity index is 1.98. The van der Waals surface area contributed by atoms with Gasteiger partial charge in [-0.15, -0.1) is 0 Å². The van der Waals surface area contributed by atoms with Crippen LogP contribution in [0.2, 0.25) is 0 Å². The van der Waals surface area contributed by atoms with E-state index in [-0.39, 0.29) is 12.4 Å². The first-order chi connectivity index (χ1) is 8.89. The number of carbonyl (C=O) groups is 1. The highest BCUT2D eigenvalue weighted by atomic mass is 16.6. The molecule has 0 aromatic carbocycles. The number of carboxylic acid groups (broad SMARTS) is 1. The first-order valence-corrected chi connectivity index (χ1v) is 6.03. The number of hydrogen-bond acceptors (Lipinski definition) is 5. The van der Waals surface area contributed by atoms with E-state index >= 15 is 0 Å². The molecule has 0 radical (unpaired) electrons. The van der Waals surface area contributed by atoms with E-state index in [0.29, 0.717) is 25.7 Å². The van der Waals surface area contributed by atoms with Crippen LogP contribution in [0.15, 0.2) is 12.3 Å². The summed E-state index contributed by atoms with van der Waals surface area (Å²) in [5.41, 5.74) is -1.04. The van der Waals surface area contributed by atoms with Crippen molar-refractivity contribution in [2.45, 2.75) is 37.8 Å². The predicted molar refractivity (Wildman–Crippen MR) is 63.4 cm³/mol. The Morgan fingerprint density at radius 1 is 1.58 bits per heavy atom. The zero-order chi connectivity index (χ0) is 14.0. The second-order valence-electron chi connectivity index (χ2n) is 4.97. The fourth-order valence-corrected chi connectivity index (χ4v) is 2.40. The van der Waals surface area contributed by atoms with Crippen molar-refractivity contribution in [1.82, 2.24) is 9.78 Å². The lowest BCUT2D eigenvalue weighted by atomic mass is 9.79. The number of rotatable bonds is 4. The monoisotopic (exact) mass is 269 g/mol. The van der Waals surface area contributed by atoms with Gasteiger partial charge >= 0.3 is 11.8 Å². The summed E-state index contributed by atoms with van der Waals surface area (Å²) >= 11 is 0. The highest BCUT2D eigenvalue weighted by molar-refractivity contribution is 5.70. The number of nitro groups is 1. The molecule has 8 heteroatoms. The molecule has 1 heterocycles. The number of hydrogen-bond donors (Lipinski definition) is 2. The molecule has 1 aromatic heterocycles. The van der Waals surface area contributed by atoms with Crippen LogP contribution in [0.5, 0.6) is 0 Å². The third kappa shape index (κ3) is 3.08. The number of aromatic nitrogens is 2. The Labute approximate surface area is 108 Å². The van der Waals surface area contributed by atoms with Gasteiger partial charge in [0.15, 0.2) is 0 Å². The predicted octanol–water partition coefficient (Wildman–Crippen LogP) is 0.797. The third-order valence-electron chi connectivity index (χ3n) is 3.54. The van der Waals surface area contributed by atoms with Crippen molar-refractivity contribution in [3.8, 4) is 0 Å². The van der Waals surface area contributed by atoms with Crippen molar-refractivity contribution >= 4 is 11.8 Å². The van der Waals surface area contributed by atoms with E-state index in [0.717, 1.165) is 0 Å². The summed E-state index contributed by atoms with van der Waals surface area (Å²) in [7, 11) is 0. The molecule has 1 aliphatic rings. The lowest BCUT2D eigenvalue weighted by molar-refractivity contribution is -0.389. The lowest BCUT2D eigenvalue weighted by Crippen LogP contribution is -2.39. The van der Waals surface area contributed by atoms with Gasteiger partial charge < -0.3 is 20.3 Å². The molecule has 1 aliphatic carbocycles. The SMILES string of the molecule is O=C(O)C1CCC(O)(Cn2ccc([N+](=O)[O-])n2)CC1. The van der Waals surface area contributed by atoms with Crippen LogP contribution in [0.4, 0.5) is 5.82 Å². The van der Waals surface area contributed by atoms with Crippen molar-refractivity contribution in [2.24, 2.45) is 5.92 Å². The van der Waals surface area contributed by atoms with Gasteiger partial charge in [0.1, 0.15) is 0 Å². The van der Waals surface area contributed by atoms with E-state index in [1.807, 2.05) is 0 Å². The molecule has 2 rings (SSSR count). The lowest BCUT2D eigenvalue weighted by Gasteiger charge is -2.33. The minimum absolute atomic E-state index is 0.146. The number of aliphatic hydroxyl groups is 1. The van der Waals surface area contributed by atoms with Crippen molar-refractivity contribution in [2.75, 3.05) is 0 Å². The van der Waals surface area contributed by atoms with Gasteiger partial charge in [0.25, 0.3) is 0 Å². The number of nitrogens with zero attached hydrogens (tertiary/aromatic N) is 3. The van der Waals surface area contributed by atoms with Crippen molar-refractivity contribution < 1.29 is 19.9 Å². The van der Waals surface area contributed by atoms with Crippen molar-refractivity contribution in [3.63, 3.8) is 0 Å². The van der Waals surface area contributed by atoms with Gasteiger partial charge in [-0.2, -0.15) is 4.68 Å². The minimum atomic E-state index is -1.04. The van der Waals surface area contributed by atoms with E-state index in [9.17, 15) is 20.0 Å². The maximum Gasteiger partial charge on any atom is 0.389 e. The van der Waals surface area contributed by atoms with Crippen LogP contribution in [-0.2, 0) is 11.3 Å². The molecule has 0 bridgehead atoms. The number of aliphatic carboxylic acids is 1. The van der Waals surface area contributed by atoms with Crippen molar-refractivity contribution in [1.29, 1.82) is 0 Å². The van der Waals surface area contributed by atoms with E-state index in [4.69, 9.17) is 5.11 Å². The Morgan fingerprint density at radius 3 is 2.68 bits per heavy atom. The van der Waals surface area contributed by atoms with Crippen LogP contribution >= 0.6 is 0 Å². The molecule has 0 saturated heterocycles. The standard InChI is InChI=1S/C11H15N3O5/c15-10(16)8-1-4-11(17,5-2-8)7-13-6-3-9(12-13)14(18)19/h3,6,8,17H,1-2,4-5,7H2,(H,15,16). The molecule has 0 amide bonds. The summed E-state index contributed by atoms with van der Waals surface area (Å²) in [5, 5.41) is 33.5. The van der Waals surface area contributed by atoms with E-state index in [1.54, 1.807) is 0 Å². The molecule has 1 aromatic rings. The summed E-state index contributed by atoms with van der Waals surface area (Å²) in [5.74, 6) is -1.51. The van der Waals surface area contributed by atoms with E-state index in [2.05, 4.69) is 5.10 Å². The van der Waals surface area contributed by atoms with E-state index in [1.165, 1.54) is 16.9 Å². The summed E-state index contributed by atoms with van der Waals surface area (Å²) in [6, 6.07) is 1.27. The second-order valence-corrected chi connectivity index (χ2v) is 4.97. The topological polar surface area (TPSA) is 118 Å². The second kappa shape index (κ2) is 4.96. The normalized spacial score (nSPS) is 27.1. The van der Waals surface area contributed by atoms with E-state index < -0.39 is 22.4 Å². The smallest absolute Gasteiger partial charge is 0.389 e. The Hall–Kier alpha value is -1.96. The van der Waals surface area contributed by atoms with Gasteiger partial charge in [0.2, 0.25) is 0 Å². The van der Waals surface area contributed by atoms with Crippen LogP contribution in [-0.4, -0.2) is 36.5 Å². The highest BCUT2D eigenvalue weighted by Gasteiger charge is 2.37. The van der Waals surface area contributed by atoms with Crippen LogP contribution in [0, 0.1) is 16.0 Å². The average Bonchev–Trinajstić information content (AvgIpc) is 2.77. The molecule has 0 spiro atoms. The van der Waals surface area contributed by atoms with Crippen LogP contribution in [0.1, 0.15) is 25.7 Å². The molecular weight excluding hydrogens is 254 g/mol. The van der Waals surface area contributed by atoms with Crippen LogP contribution in [0.3, 0.4) is 0 Å². The van der Waals surface area contributed by atoms with Gasteiger partial charge in [-0.25, -0.2) is 0 Å². The molecule has 2 N–H and O–H groups in total. The van der Waals surface area contributed by atoms with Gasteiger partial charge in [-0.3, -0.25) is 4.79 Å². The maximum atomic E-state index is 10.8. The molecule has 0 atom stereocenters. The maximum absolute atomic E-state index is 10.8. The summed E-state index contributed by atoms with van der Waals surface area (Å²) in [6.45, 7) is 0.146.